The minimum atomic E-state index is -3.91. The quantitative estimate of drug-likeness (QED) is 0.708. The lowest BCUT2D eigenvalue weighted by Crippen LogP contribution is -2.24. The van der Waals surface area contributed by atoms with Crippen LogP contribution in [0, 0.1) is 0 Å². The standard InChI is InChI=1S/C15H14BrCl2NO4S/c1-22-11-3-4-14(23-2)9(5-11)8-19-24(20,21)15-12(17)6-10(16)7-13(15)18/h3-7,19H,8H2,1-2H3. The molecule has 0 radical (unpaired) electrons. The van der Waals surface area contributed by atoms with Gasteiger partial charge in [0.1, 0.15) is 16.4 Å². The molecule has 130 valence electrons. The van der Waals surface area contributed by atoms with Crippen molar-refractivity contribution in [2.24, 2.45) is 0 Å². The lowest BCUT2D eigenvalue weighted by atomic mass is 10.2. The van der Waals surface area contributed by atoms with Gasteiger partial charge in [0.05, 0.1) is 24.3 Å². The van der Waals surface area contributed by atoms with Gasteiger partial charge >= 0.3 is 0 Å². The topological polar surface area (TPSA) is 64.6 Å². The van der Waals surface area contributed by atoms with Crippen molar-refractivity contribution in [3.05, 3.63) is 50.4 Å². The first-order valence-corrected chi connectivity index (χ1v) is 9.67. The minimum absolute atomic E-state index is 0.00850. The molecular formula is C15H14BrCl2NO4S. The van der Waals surface area contributed by atoms with Crippen LogP contribution in [-0.4, -0.2) is 22.6 Å². The van der Waals surface area contributed by atoms with Gasteiger partial charge in [0, 0.05) is 16.6 Å². The van der Waals surface area contributed by atoms with E-state index in [9.17, 15) is 8.42 Å². The maximum atomic E-state index is 12.5. The molecule has 9 heteroatoms. The second kappa shape index (κ2) is 7.93. The number of nitrogens with one attached hydrogen (secondary N) is 1. The Labute approximate surface area is 159 Å². The molecule has 0 saturated heterocycles. The fourth-order valence-electron chi connectivity index (χ4n) is 2.05. The van der Waals surface area contributed by atoms with E-state index in [0.717, 1.165) is 0 Å². The molecule has 5 nitrogen and oxygen atoms in total. The summed E-state index contributed by atoms with van der Waals surface area (Å²) in [6.07, 6.45) is 0. The number of ether oxygens (including phenoxy) is 2. The smallest absolute Gasteiger partial charge is 0.243 e. The molecule has 0 saturated carbocycles. The number of rotatable bonds is 6. The summed E-state index contributed by atoms with van der Waals surface area (Å²) >= 11 is 15.3. The van der Waals surface area contributed by atoms with Crippen LogP contribution in [0.3, 0.4) is 0 Å². The van der Waals surface area contributed by atoms with Gasteiger partial charge in [0.15, 0.2) is 0 Å². The molecule has 0 unspecified atom stereocenters. The van der Waals surface area contributed by atoms with Gasteiger partial charge in [-0.15, -0.1) is 0 Å². The van der Waals surface area contributed by atoms with E-state index in [1.54, 1.807) is 18.2 Å². The summed E-state index contributed by atoms with van der Waals surface area (Å²) in [5.41, 5.74) is 0.616. The van der Waals surface area contributed by atoms with Gasteiger partial charge < -0.3 is 9.47 Å². The lowest BCUT2D eigenvalue weighted by Gasteiger charge is -2.13. The van der Waals surface area contributed by atoms with Gasteiger partial charge in [-0.1, -0.05) is 39.1 Å². The molecule has 2 aromatic carbocycles. The molecule has 2 aromatic rings. The summed E-state index contributed by atoms with van der Waals surface area (Å²) in [5.74, 6) is 1.12. The fourth-order valence-corrected chi connectivity index (χ4v) is 4.99. The molecule has 0 atom stereocenters. The Morgan fingerprint density at radius 1 is 1.08 bits per heavy atom. The predicted octanol–water partition coefficient (Wildman–Crippen LogP) is 4.25. The Hall–Kier alpha value is -0.990. The van der Waals surface area contributed by atoms with Crippen molar-refractivity contribution in [2.75, 3.05) is 14.2 Å². The van der Waals surface area contributed by atoms with Crippen molar-refractivity contribution in [1.82, 2.24) is 4.72 Å². The Bertz CT molecular complexity index is 836. The number of benzene rings is 2. The largest absolute Gasteiger partial charge is 0.497 e. The van der Waals surface area contributed by atoms with Crippen molar-refractivity contribution >= 4 is 49.2 Å². The molecular weight excluding hydrogens is 441 g/mol. The van der Waals surface area contributed by atoms with E-state index in [4.69, 9.17) is 32.7 Å². The Kier molecular flexibility index (Phi) is 6.39. The summed E-state index contributed by atoms with van der Waals surface area (Å²) < 4.78 is 38.5. The first-order chi connectivity index (χ1) is 11.3. The summed E-state index contributed by atoms with van der Waals surface area (Å²) in [4.78, 5) is -0.170. The SMILES string of the molecule is COc1ccc(OC)c(CNS(=O)(=O)c2c(Cl)cc(Br)cc2Cl)c1. The van der Waals surface area contributed by atoms with E-state index in [0.29, 0.717) is 21.5 Å². The van der Waals surface area contributed by atoms with Crippen LogP contribution < -0.4 is 14.2 Å². The van der Waals surface area contributed by atoms with E-state index in [2.05, 4.69) is 20.7 Å². The molecule has 1 N–H and O–H groups in total. The molecule has 0 fully saturated rings. The molecule has 0 amide bonds. The zero-order valence-corrected chi connectivity index (χ0v) is 16.7. The van der Waals surface area contributed by atoms with E-state index < -0.39 is 10.0 Å². The van der Waals surface area contributed by atoms with Gasteiger partial charge in [-0.05, 0) is 30.3 Å². The average Bonchev–Trinajstić information content (AvgIpc) is 2.51. The number of halogens is 3. The number of hydrogen-bond donors (Lipinski definition) is 1. The fraction of sp³-hybridized carbons (Fsp3) is 0.200. The zero-order valence-electron chi connectivity index (χ0n) is 12.8. The van der Waals surface area contributed by atoms with Crippen LogP contribution >= 0.6 is 39.1 Å². The van der Waals surface area contributed by atoms with E-state index in [1.807, 2.05) is 0 Å². The minimum Gasteiger partial charge on any atom is -0.497 e. The number of hydrogen-bond acceptors (Lipinski definition) is 4. The van der Waals surface area contributed by atoms with Crippen LogP contribution in [0.15, 0.2) is 39.7 Å². The van der Waals surface area contributed by atoms with E-state index >= 15 is 0 Å². The van der Waals surface area contributed by atoms with E-state index in [-0.39, 0.29) is 21.5 Å². The Balaban J connectivity index is 2.32. The van der Waals surface area contributed by atoms with E-state index in [1.165, 1.54) is 26.4 Å². The van der Waals surface area contributed by atoms with Gasteiger partial charge in [0.2, 0.25) is 10.0 Å². The third kappa shape index (κ3) is 4.34. The van der Waals surface area contributed by atoms with Gasteiger partial charge in [-0.2, -0.15) is 0 Å². The van der Waals surface area contributed by atoms with Crippen LogP contribution in [0.25, 0.3) is 0 Å². The van der Waals surface area contributed by atoms with Crippen LogP contribution in [0.4, 0.5) is 0 Å². The number of sulfonamides is 1. The Morgan fingerprint density at radius 2 is 1.71 bits per heavy atom. The highest BCUT2D eigenvalue weighted by molar-refractivity contribution is 9.10. The average molecular weight is 455 g/mol. The van der Waals surface area contributed by atoms with Crippen LogP contribution in [0.2, 0.25) is 10.0 Å². The second-order valence-corrected chi connectivity index (χ2v) is 8.13. The number of methoxy groups -OCH3 is 2. The van der Waals surface area contributed by atoms with Gasteiger partial charge in [-0.3, -0.25) is 0 Å². The molecule has 24 heavy (non-hydrogen) atoms. The molecule has 0 aliphatic rings. The summed E-state index contributed by atoms with van der Waals surface area (Å²) in [7, 11) is -0.885. The van der Waals surface area contributed by atoms with Gasteiger partial charge in [-0.25, -0.2) is 13.1 Å². The molecule has 0 aliphatic heterocycles. The Morgan fingerprint density at radius 3 is 2.25 bits per heavy atom. The van der Waals surface area contributed by atoms with Crippen molar-refractivity contribution in [3.8, 4) is 11.5 Å². The zero-order chi connectivity index (χ0) is 17.9. The molecule has 0 aliphatic carbocycles. The van der Waals surface area contributed by atoms with Crippen molar-refractivity contribution in [3.63, 3.8) is 0 Å². The van der Waals surface area contributed by atoms with Crippen molar-refractivity contribution in [2.45, 2.75) is 11.4 Å². The van der Waals surface area contributed by atoms with Gasteiger partial charge in [0.25, 0.3) is 0 Å². The molecule has 0 heterocycles. The third-order valence-electron chi connectivity index (χ3n) is 3.17. The van der Waals surface area contributed by atoms with Crippen molar-refractivity contribution < 1.29 is 17.9 Å². The van der Waals surface area contributed by atoms with Crippen LogP contribution in [-0.2, 0) is 16.6 Å². The maximum Gasteiger partial charge on any atom is 0.243 e. The van der Waals surface area contributed by atoms with Crippen molar-refractivity contribution in [1.29, 1.82) is 0 Å². The second-order valence-electron chi connectivity index (χ2n) is 4.70. The highest BCUT2D eigenvalue weighted by atomic mass is 79.9. The maximum absolute atomic E-state index is 12.5. The predicted molar refractivity (Wildman–Crippen MR) is 97.7 cm³/mol. The molecule has 0 bridgehead atoms. The normalized spacial score (nSPS) is 11.4. The molecule has 0 spiro atoms. The lowest BCUT2D eigenvalue weighted by molar-refractivity contribution is 0.398. The molecule has 0 aromatic heterocycles. The highest BCUT2D eigenvalue weighted by Crippen LogP contribution is 2.33. The highest BCUT2D eigenvalue weighted by Gasteiger charge is 2.22. The summed E-state index contributed by atoms with van der Waals surface area (Å²) in [6, 6.07) is 8.04. The summed E-state index contributed by atoms with van der Waals surface area (Å²) in [5, 5.41) is 0.0546. The van der Waals surface area contributed by atoms with Crippen LogP contribution in [0.5, 0.6) is 11.5 Å². The molecule has 2 rings (SSSR count). The first-order valence-electron chi connectivity index (χ1n) is 6.63. The first kappa shape index (κ1) is 19.3. The monoisotopic (exact) mass is 453 g/mol. The third-order valence-corrected chi connectivity index (χ3v) is 5.95. The van der Waals surface area contributed by atoms with Crippen LogP contribution in [0.1, 0.15) is 5.56 Å². The summed E-state index contributed by atoms with van der Waals surface area (Å²) in [6.45, 7) is -0.00850.